The predicted molar refractivity (Wildman–Crippen MR) is 76.0 cm³/mol. The molecular weight excluding hydrogens is 300 g/mol. The summed E-state index contributed by atoms with van der Waals surface area (Å²) in [5, 5.41) is 12.9. The molecule has 0 saturated carbocycles. The maximum absolute atomic E-state index is 11.9. The Morgan fingerprint density at radius 3 is 2.90 bits per heavy atom. The van der Waals surface area contributed by atoms with Crippen molar-refractivity contribution in [2.45, 2.75) is 12.3 Å². The Morgan fingerprint density at radius 1 is 1.45 bits per heavy atom. The molecule has 0 radical (unpaired) electrons. The van der Waals surface area contributed by atoms with E-state index in [0.29, 0.717) is 11.1 Å². The van der Waals surface area contributed by atoms with Crippen LogP contribution in [0.2, 0.25) is 0 Å². The Kier molecular flexibility index (Phi) is 4.37. The monoisotopic (exact) mass is 312 g/mol. The van der Waals surface area contributed by atoms with Crippen LogP contribution in [0.25, 0.3) is 0 Å². The van der Waals surface area contributed by atoms with E-state index in [1.807, 2.05) is 0 Å². The molecule has 0 bridgehead atoms. The van der Waals surface area contributed by atoms with Crippen LogP contribution < -0.4 is 10.5 Å². The lowest BCUT2D eigenvalue weighted by Crippen LogP contribution is -2.25. The summed E-state index contributed by atoms with van der Waals surface area (Å²) in [4.78, 5) is 0.226. The first-order valence-electron chi connectivity index (χ1n) is 5.55. The van der Waals surface area contributed by atoms with Crippen LogP contribution in [-0.4, -0.2) is 34.0 Å². The Labute approximate surface area is 120 Å². The van der Waals surface area contributed by atoms with Crippen LogP contribution in [0, 0.1) is 0 Å². The quantitative estimate of drug-likeness (QED) is 0.611. The molecule has 0 fully saturated rings. The number of nitrogens with two attached hydrogens (primary N) is 1. The zero-order valence-corrected chi connectivity index (χ0v) is 11.9. The zero-order chi connectivity index (χ0) is 14.6. The molecule has 0 aliphatic rings. The minimum Gasteiger partial charge on any atom is -0.389 e. The first-order chi connectivity index (χ1) is 9.46. The summed E-state index contributed by atoms with van der Waals surface area (Å²) >= 11 is 4.85. The molecule has 4 N–H and O–H groups in total. The number of tetrazole rings is 1. The fourth-order valence-corrected chi connectivity index (χ4v) is 2.71. The minimum absolute atomic E-state index is 0.0200. The molecule has 10 heteroatoms. The first-order valence-corrected chi connectivity index (χ1v) is 7.61. The van der Waals surface area contributed by atoms with Gasteiger partial charge in [0.1, 0.15) is 4.99 Å². The summed E-state index contributed by atoms with van der Waals surface area (Å²) in [7, 11) is -3.51. The first kappa shape index (κ1) is 14.5. The number of nitrogens with zero attached hydrogens (tertiary/aromatic N) is 3. The fraction of sp³-hybridized carbons (Fsp3) is 0.200. The van der Waals surface area contributed by atoms with Crippen LogP contribution in [-0.2, 0) is 22.3 Å². The number of aromatic amines is 1. The van der Waals surface area contributed by atoms with Gasteiger partial charge in [-0.2, -0.15) is 5.21 Å². The molecule has 1 aromatic carbocycles. The number of hydrogen-bond donors (Lipinski definition) is 3. The maximum atomic E-state index is 11.9. The van der Waals surface area contributed by atoms with Crippen LogP contribution in [0.4, 0.5) is 0 Å². The lowest BCUT2D eigenvalue weighted by atomic mass is 10.1. The van der Waals surface area contributed by atoms with Crippen molar-refractivity contribution in [3.8, 4) is 0 Å². The molecule has 0 spiro atoms. The third-order valence-electron chi connectivity index (χ3n) is 2.41. The van der Waals surface area contributed by atoms with Crippen molar-refractivity contribution >= 4 is 27.2 Å². The summed E-state index contributed by atoms with van der Waals surface area (Å²) in [6, 6.07) is 6.77. The number of rotatable bonds is 6. The Hall–Kier alpha value is -1.91. The number of H-pyrrole nitrogens is 1. The molecule has 0 aliphatic carbocycles. The van der Waals surface area contributed by atoms with Gasteiger partial charge in [0, 0.05) is 5.56 Å². The van der Waals surface area contributed by atoms with Crippen LogP contribution in [0.5, 0.6) is 0 Å². The molecule has 0 saturated heterocycles. The second kappa shape index (κ2) is 6.03. The van der Waals surface area contributed by atoms with Gasteiger partial charge < -0.3 is 5.73 Å². The van der Waals surface area contributed by atoms with Crippen molar-refractivity contribution in [1.29, 1.82) is 0 Å². The van der Waals surface area contributed by atoms with Gasteiger partial charge >= 0.3 is 0 Å². The van der Waals surface area contributed by atoms with Crippen molar-refractivity contribution in [1.82, 2.24) is 25.3 Å². The molecule has 8 nitrogen and oxygen atoms in total. The molecule has 0 amide bonds. The third kappa shape index (κ3) is 4.05. The van der Waals surface area contributed by atoms with Crippen molar-refractivity contribution in [3.05, 3.63) is 41.2 Å². The van der Waals surface area contributed by atoms with E-state index in [1.165, 1.54) is 0 Å². The SMILES string of the molecule is NC(=S)c1cccc(CS(=O)(=O)NCc2nn[nH]n2)c1. The summed E-state index contributed by atoms with van der Waals surface area (Å²) in [5.74, 6) is 0.0897. The van der Waals surface area contributed by atoms with Gasteiger partial charge in [-0.05, 0) is 11.6 Å². The van der Waals surface area contributed by atoms with E-state index < -0.39 is 10.0 Å². The van der Waals surface area contributed by atoms with Gasteiger partial charge in [0.15, 0.2) is 5.82 Å². The second-order valence-corrected chi connectivity index (χ2v) is 6.22. The van der Waals surface area contributed by atoms with Gasteiger partial charge in [-0.1, -0.05) is 35.6 Å². The number of sulfonamides is 1. The number of aromatic nitrogens is 4. The van der Waals surface area contributed by atoms with E-state index in [0.717, 1.165) is 0 Å². The molecule has 0 unspecified atom stereocenters. The molecule has 20 heavy (non-hydrogen) atoms. The Balaban J connectivity index is 2.04. The fourth-order valence-electron chi connectivity index (χ4n) is 1.52. The maximum Gasteiger partial charge on any atom is 0.216 e. The third-order valence-corrected chi connectivity index (χ3v) is 3.94. The van der Waals surface area contributed by atoms with Crippen molar-refractivity contribution in [3.63, 3.8) is 0 Å². The largest absolute Gasteiger partial charge is 0.389 e. The highest BCUT2D eigenvalue weighted by Gasteiger charge is 2.13. The highest BCUT2D eigenvalue weighted by atomic mass is 32.2. The van der Waals surface area contributed by atoms with Gasteiger partial charge in [0.25, 0.3) is 0 Å². The smallest absolute Gasteiger partial charge is 0.216 e. The van der Waals surface area contributed by atoms with Crippen molar-refractivity contribution < 1.29 is 8.42 Å². The topological polar surface area (TPSA) is 127 Å². The van der Waals surface area contributed by atoms with Crippen LogP contribution in [0.15, 0.2) is 24.3 Å². The van der Waals surface area contributed by atoms with E-state index in [1.54, 1.807) is 24.3 Å². The number of thiocarbonyl (C=S) groups is 1. The average Bonchev–Trinajstić information content (AvgIpc) is 2.89. The lowest BCUT2D eigenvalue weighted by Gasteiger charge is -2.06. The summed E-state index contributed by atoms with van der Waals surface area (Å²) < 4.78 is 26.2. The predicted octanol–water partition coefficient (Wildman–Crippen LogP) is -0.547. The van der Waals surface area contributed by atoms with E-state index >= 15 is 0 Å². The second-order valence-electron chi connectivity index (χ2n) is 3.97. The zero-order valence-electron chi connectivity index (χ0n) is 10.3. The van der Waals surface area contributed by atoms with E-state index in [4.69, 9.17) is 18.0 Å². The molecule has 1 heterocycles. The molecular formula is C10H12N6O2S2. The highest BCUT2D eigenvalue weighted by molar-refractivity contribution is 7.88. The van der Waals surface area contributed by atoms with Crippen LogP contribution in [0.3, 0.4) is 0 Å². The molecule has 0 atom stereocenters. The van der Waals surface area contributed by atoms with Crippen molar-refractivity contribution in [2.75, 3.05) is 0 Å². The van der Waals surface area contributed by atoms with E-state index in [2.05, 4.69) is 25.3 Å². The van der Waals surface area contributed by atoms with Gasteiger partial charge in [0.05, 0.1) is 12.3 Å². The number of benzene rings is 1. The summed E-state index contributed by atoms with van der Waals surface area (Å²) in [6.45, 7) is -0.0200. The molecule has 2 aromatic rings. The normalized spacial score (nSPS) is 11.4. The van der Waals surface area contributed by atoms with Gasteiger partial charge in [-0.25, -0.2) is 13.1 Å². The lowest BCUT2D eigenvalue weighted by molar-refractivity contribution is 0.578. The molecule has 2 rings (SSSR count). The van der Waals surface area contributed by atoms with Crippen molar-refractivity contribution in [2.24, 2.45) is 5.73 Å². The molecule has 1 aromatic heterocycles. The molecule has 106 valence electrons. The van der Waals surface area contributed by atoms with Gasteiger partial charge in [-0.3, -0.25) is 0 Å². The number of nitrogens with one attached hydrogen (secondary N) is 2. The van der Waals surface area contributed by atoms with E-state index in [9.17, 15) is 8.42 Å². The van der Waals surface area contributed by atoms with Gasteiger partial charge in [0.2, 0.25) is 10.0 Å². The van der Waals surface area contributed by atoms with Crippen LogP contribution >= 0.6 is 12.2 Å². The average molecular weight is 312 g/mol. The molecule has 0 aliphatic heterocycles. The summed E-state index contributed by atoms with van der Waals surface area (Å²) in [5.41, 5.74) is 6.73. The van der Waals surface area contributed by atoms with E-state index in [-0.39, 0.29) is 23.1 Å². The summed E-state index contributed by atoms with van der Waals surface area (Å²) in [6.07, 6.45) is 0. The van der Waals surface area contributed by atoms with Crippen LogP contribution in [0.1, 0.15) is 17.0 Å². The highest BCUT2D eigenvalue weighted by Crippen LogP contribution is 2.09. The minimum atomic E-state index is -3.51. The number of hydrogen-bond acceptors (Lipinski definition) is 6. The Bertz CT molecular complexity index is 698. The van der Waals surface area contributed by atoms with Gasteiger partial charge in [-0.15, -0.1) is 10.2 Å². The Morgan fingerprint density at radius 2 is 2.25 bits per heavy atom. The standard InChI is InChI=1S/C10H12N6O2S2/c11-10(19)8-3-1-2-7(4-8)6-20(17,18)12-5-9-13-15-16-14-9/h1-4,12H,5-6H2,(H2,11,19)(H,13,14,15,16).